The second-order valence-corrected chi connectivity index (χ2v) is 7.50. The van der Waals surface area contributed by atoms with Gasteiger partial charge in [0.25, 0.3) is 0 Å². The van der Waals surface area contributed by atoms with Crippen molar-refractivity contribution in [3.63, 3.8) is 0 Å². The van der Waals surface area contributed by atoms with E-state index < -0.39 is 11.6 Å². The highest BCUT2D eigenvalue weighted by Crippen LogP contribution is 2.16. The van der Waals surface area contributed by atoms with Crippen LogP contribution in [0.5, 0.6) is 0 Å². The Morgan fingerprint density at radius 2 is 2.00 bits per heavy atom. The smallest absolute Gasteiger partial charge is 0.191 e. The third-order valence-electron chi connectivity index (χ3n) is 5.29. The monoisotopic (exact) mass is 419 g/mol. The molecule has 2 N–H and O–H groups in total. The summed E-state index contributed by atoms with van der Waals surface area (Å²) in [6.07, 6.45) is 4.54. The molecule has 2 aromatic rings. The van der Waals surface area contributed by atoms with Crippen LogP contribution in [-0.4, -0.2) is 57.8 Å². The van der Waals surface area contributed by atoms with Gasteiger partial charge in [-0.05, 0) is 37.5 Å². The van der Waals surface area contributed by atoms with Crippen molar-refractivity contribution in [2.75, 3.05) is 26.2 Å². The van der Waals surface area contributed by atoms with Gasteiger partial charge in [0.15, 0.2) is 17.6 Å². The molecule has 1 aromatic heterocycles. The van der Waals surface area contributed by atoms with Crippen molar-refractivity contribution < 1.29 is 8.78 Å². The minimum atomic E-state index is -0.799. The lowest BCUT2D eigenvalue weighted by atomic mass is 10.0. The highest BCUT2D eigenvalue weighted by atomic mass is 19.2. The molecular weight excluding hydrogens is 388 g/mol. The Kier molecular flexibility index (Phi) is 8.12. The van der Waals surface area contributed by atoms with Gasteiger partial charge in [0, 0.05) is 45.2 Å². The van der Waals surface area contributed by atoms with Gasteiger partial charge in [0.2, 0.25) is 0 Å². The van der Waals surface area contributed by atoms with Crippen LogP contribution in [0.1, 0.15) is 38.1 Å². The number of hydrogen-bond donors (Lipinski definition) is 2. The highest BCUT2D eigenvalue weighted by Gasteiger charge is 2.20. The predicted molar refractivity (Wildman–Crippen MR) is 113 cm³/mol. The first kappa shape index (κ1) is 22.1. The van der Waals surface area contributed by atoms with Crippen molar-refractivity contribution in [1.82, 2.24) is 30.3 Å². The zero-order chi connectivity index (χ0) is 21.3. The summed E-state index contributed by atoms with van der Waals surface area (Å²) in [4.78, 5) is 6.96. The van der Waals surface area contributed by atoms with Crippen molar-refractivity contribution in [1.29, 1.82) is 0 Å². The van der Waals surface area contributed by atoms with E-state index in [1.165, 1.54) is 12.1 Å². The maximum atomic E-state index is 13.4. The number of nitrogens with zero attached hydrogens (tertiary/aromatic N) is 5. The summed E-state index contributed by atoms with van der Waals surface area (Å²) < 4.78 is 28.5. The van der Waals surface area contributed by atoms with Crippen LogP contribution in [0.2, 0.25) is 0 Å². The number of benzene rings is 1. The first-order chi connectivity index (χ1) is 14.6. The van der Waals surface area contributed by atoms with Crippen molar-refractivity contribution in [3.8, 4) is 0 Å². The molecule has 9 heteroatoms. The highest BCUT2D eigenvalue weighted by molar-refractivity contribution is 5.80. The van der Waals surface area contributed by atoms with Crippen LogP contribution in [0.3, 0.4) is 0 Å². The van der Waals surface area contributed by atoms with Crippen molar-refractivity contribution in [3.05, 3.63) is 47.5 Å². The summed E-state index contributed by atoms with van der Waals surface area (Å²) >= 11 is 0. The fourth-order valence-electron chi connectivity index (χ4n) is 3.65. The Morgan fingerprint density at radius 1 is 1.20 bits per heavy atom. The molecule has 0 radical (unpaired) electrons. The predicted octanol–water partition coefficient (Wildman–Crippen LogP) is 2.34. The van der Waals surface area contributed by atoms with E-state index in [0.29, 0.717) is 19.1 Å². The lowest BCUT2D eigenvalue weighted by Crippen LogP contribution is -2.48. The average molecular weight is 420 g/mol. The van der Waals surface area contributed by atoms with Crippen LogP contribution in [0.15, 0.2) is 29.5 Å². The van der Waals surface area contributed by atoms with Gasteiger partial charge in [-0.2, -0.15) is 0 Å². The van der Waals surface area contributed by atoms with Gasteiger partial charge in [-0.3, -0.25) is 9.89 Å². The second kappa shape index (κ2) is 11.0. The first-order valence-corrected chi connectivity index (χ1v) is 10.7. The van der Waals surface area contributed by atoms with Crippen LogP contribution < -0.4 is 10.6 Å². The van der Waals surface area contributed by atoms with Gasteiger partial charge in [-0.1, -0.05) is 13.0 Å². The fraction of sp³-hybridized carbons (Fsp3) is 0.571. The lowest BCUT2D eigenvalue weighted by Gasteiger charge is -2.33. The number of nitrogens with one attached hydrogen (secondary N) is 2. The number of rotatable bonds is 8. The molecule has 2 heterocycles. The molecule has 1 aromatic carbocycles. The maximum Gasteiger partial charge on any atom is 0.191 e. The second-order valence-electron chi connectivity index (χ2n) is 7.50. The molecule has 0 bridgehead atoms. The Morgan fingerprint density at radius 3 is 2.70 bits per heavy atom. The molecule has 0 aliphatic carbocycles. The van der Waals surface area contributed by atoms with E-state index in [0.717, 1.165) is 62.8 Å². The SMILES string of the molecule is CCNC(=NCCn1cnnc1CC)NC1CCN(Cc2ccc(F)c(F)c2)CC1. The topological polar surface area (TPSA) is 70.4 Å². The Bertz CT molecular complexity index is 829. The molecule has 0 spiro atoms. The van der Waals surface area contributed by atoms with Gasteiger partial charge >= 0.3 is 0 Å². The van der Waals surface area contributed by atoms with Gasteiger partial charge in [-0.15, -0.1) is 10.2 Å². The molecule has 0 unspecified atom stereocenters. The van der Waals surface area contributed by atoms with E-state index in [1.807, 2.05) is 4.57 Å². The minimum absolute atomic E-state index is 0.338. The number of halogens is 2. The van der Waals surface area contributed by atoms with Crippen molar-refractivity contribution in [2.45, 2.75) is 52.2 Å². The molecule has 30 heavy (non-hydrogen) atoms. The van der Waals surface area contributed by atoms with Crippen LogP contribution in [0, 0.1) is 11.6 Å². The Hall–Kier alpha value is -2.55. The minimum Gasteiger partial charge on any atom is -0.357 e. The normalized spacial score (nSPS) is 16.1. The van der Waals surface area contributed by atoms with Gasteiger partial charge in [0.05, 0.1) is 6.54 Å². The first-order valence-electron chi connectivity index (χ1n) is 10.7. The average Bonchev–Trinajstić information content (AvgIpc) is 3.20. The van der Waals surface area contributed by atoms with Crippen LogP contribution in [-0.2, 0) is 19.5 Å². The number of aliphatic imine (C=N–C) groups is 1. The molecule has 164 valence electrons. The number of guanidine groups is 1. The largest absolute Gasteiger partial charge is 0.357 e. The van der Waals surface area contributed by atoms with Crippen LogP contribution >= 0.6 is 0 Å². The van der Waals surface area contributed by atoms with Crippen LogP contribution in [0.25, 0.3) is 0 Å². The Labute approximate surface area is 176 Å². The van der Waals surface area contributed by atoms with E-state index in [-0.39, 0.29) is 0 Å². The maximum absolute atomic E-state index is 13.4. The van der Waals surface area contributed by atoms with Gasteiger partial charge < -0.3 is 15.2 Å². The quantitative estimate of drug-likeness (QED) is 0.508. The molecule has 0 saturated carbocycles. The molecule has 1 aliphatic rings. The molecule has 7 nitrogen and oxygen atoms in total. The zero-order valence-electron chi connectivity index (χ0n) is 17.7. The van der Waals surface area contributed by atoms with E-state index in [4.69, 9.17) is 0 Å². The molecule has 0 amide bonds. The van der Waals surface area contributed by atoms with E-state index in [9.17, 15) is 8.78 Å². The van der Waals surface area contributed by atoms with Crippen molar-refractivity contribution >= 4 is 5.96 Å². The van der Waals surface area contributed by atoms with E-state index >= 15 is 0 Å². The molecule has 1 saturated heterocycles. The van der Waals surface area contributed by atoms with Gasteiger partial charge in [-0.25, -0.2) is 8.78 Å². The van der Waals surface area contributed by atoms with E-state index in [2.05, 4.69) is 44.6 Å². The molecule has 1 aliphatic heterocycles. The summed E-state index contributed by atoms with van der Waals surface area (Å²) in [6, 6.07) is 4.47. The molecule has 3 rings (SSSR count). The lowest BCUT2D eigenvalue weighted by molar-refractivity contribution is 0.198. The number of aryl methyl sites for hydroxylation is 1. The standard InChI is InChI=1S/C21H31F2N7/c1-3-20-28-26-15-30(20)12-9-25-21(24-4-2)27-17-7-10-29(11-8-17)14-16-5-6-18(22)19(23)13-16/h5-6,13,15,17H,3-4,7-12,14H2,1-2H3,(H2,24,25,27). The zero-order valence-corrected chi connectivity index (χ0v) is 17.7. The summed E-state index contributed by atoms with van der Waals surface area (Å²) in [5.41, 5.74) is 0.802. The fourth-order valence-corrected chi connectivity index (χ4v) is 3.65. The van der Waals surface area contributed by atoms with E-state index in [1.54, 1.807) is 12.4 Å². The molecular formula is C21H31F2N7. The summed E-state index contributed by atoms with van der Waals surface area (Å²) in [6.45, 7) is 8.75. The third-order valence-corrected chi connectivity index (χ3v) is 5.29. The number of hydrogen-bond acceptors (Lipinski definition) is 4. The van der Waals surface area contributed by atoms with Gasteiger partial charge in [0.1, 0.15) is 12.2 Å². The Balaban J connectivity index is 1.46. The van der Waals surface area contributed by atoms with Crippen molar-refractivity contribution in [2.24, 2.45) is 4.99 Å². The third kappa shape index (κ3) is 6.22. The number of piperidine rings is 1. The van der Waals surface area contributed by atoms with Crippen LogP contribution in [0.4, 0.5) is 8.78 Å². The number of aromatic nitrogens is 3. The summed E-state index contributed by atoms with van der Waals surface area (Å²) in [7, 11) is 0. The molecule has 1 fully saturated rings. The summed E-state index contributed by atoms with van der Waals surface area (Å²) in [5, 5.41) is 14.9. The molecule has 0 atom stereocenters. The number of likely N-dealkylation sites (tertiary alicyclic amines) is 1. The summed E-state index contributed by atoms with van der Waals surface area (Å²) in [5.74, 6) is 0.208.